The number of imide groups is 1. The highest BCUT2D eigenvalue weighted by atomic mass is 16.6. The molecule has 0 saturated carbocycles. The lowest BCUT2D eigenvalue weighted by Crippen LogP contribution is -2.33. The number of nitrogens with zero attached hydrogens (tertiary/aromatic N) is 3. The van der Waals surface area contributed by atoms with Crippen molar-refractivity contribution in [2.24, 2.45) is 0 Å². The van der Waals surface area contributed by atoms with Crippen molar-refractivity contribution < 1.29 is 14.5 Å². The van der Waals surface area contributed by atoms with E-state index in [1.54, 1.807) is 24.3 Å². The first-order valence-electron chi connectivity index (χ1n) is 7.38. The van der Waals surface area contributed by atoms with Crippen LogP contribution in [0.5, 0.6) is 0 Å². The number of hydrogen-bond donors (Lipinski definition) is 0. The van der Waals surface area contributed by atoms with Crippen molar-refractivity contribution in [3.05, 3.63) is 69.8 Å². The van der Waals surface area contributed by atoms with Gasteiger partial charge in [0.1, 0.15) is 6.54 Å². The predicted molar refractivity (Wildman–Crippen MR) is 87.6 cm³/mol. The quantitative estimate of drug-likeness (QED) is 0.491. The zero-order chi connectivity index (χ0) is 17.3. The lowest BCUT2D eigenvalue weighted by Gasteiger charge is -2.18. The summed E-state index contributed by atoms with van der Waals surface area (Å²) in [7, 11) is 0. The molecule has 0 N–H and O–H groups in total. The Hall–Kier alpha value is -3.22. The molecule has 0 aliphatic carbocycles. The maximum atomic E-state index is 12.6. The third kappa shape index (κ3) is 2.83. The second kappa shape index (κ2) is 6.11. The Labute approximate surface area is 138 Å². The first-order chi connectivity index (χ1) is 11.5. The number of non-ortho nitro benzene ring substituents is 1. The van der Waals surface area contributed by atoms with Gasteiger partial charge < -0.3 is 4.90 Å². The van der Waals surface area contributed by atoms with Gasteiger partial charge in [-0.15, -0.1) is 0 Å². The molecular weight excluding hydrogens is 310 g/mol. The summed E-state index contributed by atoms with van der Waals surface area (Å²) in [5.74, 6) is -0.281. The van der Waals surface area contributed by atoms with Gasteiger partial charge in [-0.1, -0.05) is 30.3 Å². The van der Waals surface area contributed by atoms with E-state index in [0.717, 1.165) is 11.1 Å². The van der Waals surface area contributed by atoms with Gasteiger partial charge in [0.2, 0.25) is 0 Å². The summed E-state index contributed by atoms with van der Waals surface area (Å²) in [4.78, 5) is 37.6. The number of anilines is 1. The molecule has 0 spiro atoms. The van der Waals surface area contributed by atoms with Crippen molar-refractivity contribution in [1.82, 2.24) is 4.90 Å². The summed E-state index contributed by atoms with van der Waals surface area (Å²) in [6, 6.07) is 12.8. The summed E-state index contributed by atoms with van der Waals surface area (Å²) in [6.07, 6.45) is 0. The van der Waals surface area contributed by atoms with Crippen LogP contribution < -0.4 is 4.90 Å². The fourth-order valence-corrected chi connectivity index (χ4v) is 2.67. The van der Waals surface area contributed by atoms with Crippen molar-refractivity contribution >= 4 is 23.3 Å². The Morgan fingerprint density at radius 2 is 1.75 bits per heavy atom. The molecule has 1 heterocycles. The number of rotatable bonds is 4. The molecule has 7 heteroatoms. The number of aryl methyl sites for hydroxylation is 1. The van der Waals surface area contributed by atoms with Crippen molar-refractivity contribution in [3.8, 4) is 0 Å². The Bertz CT molecular complexity index is 817. The number of amides is 3. The van der Waals surface area contributed by atoms with E-state index in [1.165, 1.54) is 21.9 Å². The van der Waals surface area contributed by atoms with Gasteiger partial charge in [-0.3, -0.25) is 14.9 Å². The van der Waals surface area contributed by atoms with E-state index in [2.05, 4.69) is 0 Å². The minimum absolute atomic E-state index is 0.00977. The largest absolute Gasteiger partial charge is 0.332 e. The summed E-state index contributed by atoms with van der Waals surface area (Å²) in [5, 5.41) is 10.7. The Kier molecular flexibility index (Phi) is 3.99. The van der Waals surface area contributed by atoms with Crippen LogP contribution in [-0.2, 0) is 11.3 Å². The standard InChI is InChI=1S/C17H15N3O4/c1-12-4-2-3-5-15(12)19-16(21)11-18(17(19)22)10-13-6-8-14(9-7-13)20(23)24/h2-9H,10-11H2,1H3. The summed E-state index contributed by atoms with van der Waals surface area (Å²) in [6.45, 7) is 2.06. The minimum Gasteiger partial charge on any atom is -0.310 e. The van der Waals surface area contributed by atoms with Crippen LogP contribution >= 0.6 is 0 Å². The maximum Gasteiger partial charge on any atom is 0.332 e. The van der Waals surface area contributed by atoms with Gasteiger partial charge >= 0.3 is 6.03 Å². The molecule has 0 atom stereocenters. The third-order valence-corrected chi connectivity index (χ3v) is 3.91. The number of benzene rings is 2. The van der Waals surface area contributed by atoms with Crippen LogP contribution in [0, 0.1) is 17.0 Å². The molecule has 3 rings (SSSR count). The molecule has 2 aromatic rings. The first-order valence-corrected chi connectivity index (χ1v) is 7.38. The molecule has 122 valence electrons. The Morgan fingerprint density at radius 3 is 2.38 bits per heavy atom. The predicted octanol–water partition coefficient (Wildman–Crippen LogP) is 2.87. The SMILES string of the molecule is Cc1ccccc1N1C(=O)CN(Cc2ccc([N+](=O)[O-])cc2)C1=O. The van der Waals surface area contributed by atoms with Crippen molar-refractivity contribution in [3.63, 3.8) is 0 Å². The van der Waals surface area contributed by atoms with Gasteiger partial charge in [-0.05, 0) is 24.1 Å². The smallest absolute Gasteiger partial charge is 0.310 e. The zero-order valence-electron chi connectivity index (χ0n) is 13.0. The molecule has 1 fully saturated rings. The number of carbonyl (C=O) groups is 2. The molecule has 0 bridgehead atoms. The molecule has 1 aliphatic rings. The number of nitro benzene ring substituents is 1. The maximum absolute atomic E-state index is 12.6. The molecule has 0 aromatic heterocycles. The van der Waals surface area contributed by atoms with E-state index in [-0.39, 0.29) is 30.7 Å². The van der Waals surface area contributed by atoms with Crippen LogP contribution in [0.15, 0.2) is 48.5 Å². The van der Waals surface area contributed by atoms with E-state index >= 15 is 0 Å². The number of carbonyl (C=O) groups excluding carboxylic acids is 2. The molecule has 2 aromatic carbocycles. The lowest BCUT2D eigenvalue weighted by molar-refractivity contribution is -0.384. The van der Waals surface area contributed by atoms with Gasteiger partial charge in [0.05, 0.1) is 10.6 Å². The normalized spacial score (nSPS) is 14.4. The Morgan fingerprint density at radius 1 is 1.08 bits per heavy atom. The van der Waals surface area contributed by atoms with E-state index in [4.69, 9.17) is 0 Å². The Balaban J connectivity index is 1.79. The summed E-state index contributed by atoms with van der Waals surface area (Å²) < 4.78 is 0. The number of para-hydroxylation sites is 1. The lowest BCUT2D eigenvalue weighted by atomic mass is 10.2. The van der Waals surface area contributed by atoms with Gasteiger partial charge in [0, 0.05) is 18.7 Å². The van der Waals surface area contributed by atoms with Gasteiger partial charge in [0.25, 0.3) is 11.6 Å². The van der Waals surface area contributed by atoms with Crippen molar-refractivity contribution in [1.29, 1.82) is 0 Å². The highest BCUT2D eigenvalue weighted by molar-refractivity contribution is 6.20. The fourth-order valence-electron chi connectivity index (χ4n) is 2.67. The van der Waals surface area contributed by atoms with Gasteiger partial charge in [-0.25, -0.2) is 9.69 Å². The molecule has 0 radical (unpaired) electrons. The average Bonchev–Trinajstić information content (AvgIpc) is 2.83. The zero-order valence-corrected chi connectivity index (χ0v) is 13.0. The van der Waals surface area contributed by atoms with Crippen LogP contribution in [0.25, 0.3) is 0 Å². The molecule has 1 aliphatic heterocycles. The number of hydrogen-bond acceptors (Lipinski definition) is 4. The van der Waals surface area contributed by atoms with Crippen LogP contribution in [0.1, 0.15) is 11.1 Å². The summed E-state index contributed by atoms with van der Waals surface area (Å²) >= 11 is 0. The molecule has 0 unspecified atom stereocenters. The van der Waals surface area contributed by atoms with Crippen molar-refractivity contribution in [2.75, 3.05) is 11.4 Å². The monoisotopic (exact) mass is 325 g/mol. The molecule has 24 heavy (non-hydrogen) atoms. The fraction of sp³-hybridized carbons (Fsp3) is 0.176. The topological polar surface area (TPSA) is 83.8 Å². The molecular formula is C17H15N3O4. The number of urea groups is 1. The summed E-state index contributed by atoms with van der Waals surface area (Å²) in [5.41, 5.74) is 2.15. The van der Waals surface area contributed by atoms with Crippen LogP contribution in [0.4, 0.5) is 16.2 Å². The van der Waals surface area contributed by atoms with E-state index in [1.807, 2.05) is 19.1 Å². The minimum atomic E-state index is -0.478. The van der Waals surface area contributed by atoms with Gasteiger partial charge in [-0.2, -0.15) is 0 Å². The second-order valence-corrected chi connectivity index (χ2v) is 5.58. The molecule has 7 nitrogen and oxygen atoms in total. The van der Waals surface area contributed by atoms with Crippen molar-refractivity contribution in [2.45, 2.75) is 13.5 Å². The highest BCUT2D eigenvalue weighted by Crippen LogP contribution is 2.26. The van der Waals surface area contributed by atoms with Crippen LogP contribution in [0.2, 0.25) is 0 Å². The third-order valence-electron chi connectivity index (χ3n) is 3.91. The average molecular weight is 325 g/mol. The molecule has 3 amide bonds. The van der Waals surface area contributed by atoms with Gasteiger partial charge in [0.15, 0.2) is 0 Å². The number of nitro groups is 1. The molecule has 1 saturated heterocycles. The van der Waals surface area contributed by atoms with Crippen LogP contribution in [0.3, 0.4) is 0 Å². The van der Waals surface area contributed by atoms with E-state index in [9.17, 15) is 19.7 Å². The second-order valence-electron chi connectivity index (χ2n) is 5.58. The van der Waals surface area contributed by atoms with Crippen LogP contribution in [-0.4, -0.2) is 28.3 Å². The first kappa shape index (κ1) is 15.7. The van der Waals surface area contributed by atoms with E-state index < -0.39 is 4.92 Å². The van der Waals surface area contributed by atoms with E-state index in [0.29, 0.717) is 5.69 Å². The highest BCUT2D eigenvalue weighted by Gasteiger charge is 2.37.